The number of benzene rings is 6. The molecule has 70 heavy (non-hydrogen) atoms. The maximum absolute atomic E-state index is 14.6. The van der Waals surface area contributed by atoms with Crippen molar-refractivity contribution in [2.45, 2.75) is 0 Å². The van der Waals surface area contributed by atoms with Gasteiger partial charge in [-0.3, -0.25) is 0 Å². The van der Waals surface area contributed by atoms with E-state index < -0.39 is 220 Å². The first-order chi connectivity index (χ1) is 32.1. The van der Waals surface area contributed by atoms with Gasteiger partial charge in [0.15, 0.2) is 105 Å². The predicted molar refractivity (Wildman–Crippen MR) is 172 cm³/mol. The largest absolute Gasteiger partial charge is 0.536 e. The highest BCUT2D eigenvalue weighted by Gasteiger charge is 2.53. The van der Waals surface area contributed by atoms with E-state index in [2.05, 4.69) is 11.3 Å². The van der Waals surface area contributed by atoms with Crippen LogP contribution in [0.1, 0.15) is 0 Å². The van der Waals surface area contributed by atoms with E-state index in [1.807, 2.05) is 0 Å². The summed E-state index contributed by atoms with van der Waals surface area (Å²) >= 11 is 0. The third-order valence-corrected chi connectivity index (χ3v) is 10.4. The maximum Gasteiger partial charge on any atom is 0.304 e. The van der Waals surface area contributed by atoms with Gasteiger partial charge in [-0.15, -0.1) is 0 Å². The minimum absolute atomic E-state index is 2.54. The molecule has 6 aromatic rings. The van der Waals surface area contributed by atoms with Crippen molar-refractivity contribution >= 4 is 45.3 Å². The number of halogens is 30. The van der Waals surface area contributed by atoms with Gasteiger partial charge in [0.2, 0.25) is 0 Å². The fourth-order valence-electron chi connectivity index (χ4n) is 7.19. The topological polar surface area (TPSA) is 55.3 Å². The van der Waals surface area contributed by atoms with E-state index in [-0.39, 0.29) is 0 Å². The molecule has 34 heteroatoms. The van der Waals surface area contributed by atoms with Crippen molar-refractivity contribution in [1.29, 1.82) is 0 Å². The van der Waals surface area contributed by atoms with Gasteiger partial charge < -0.3 is 11.3 Å². The molecule has 0 aliphatic carbocycles. The average Bonchev–Trinajstić information content (AvgIpc) is 3.31. The van der Waals surface area contributed by atoms with E-state index in [1.54, 1.807) is 0 Å². The van der Waals surface area contributed by atoms with Crippen molar-refractivity contribution < 1.29 is 143 Å². The molecule has 6 N–H and O–H groups in total. The fraction of sp³-hybridized carbons (Fsp3) is 0. The molecule has 6 aromatic carbocycles. The van der Waals surface area contributed by atoms with Crippen LogP contribution in [-0.4, -0.2) is 12.6 Å². The van der Waals surface area contributed by atoms with E-state index in [9.17, 15) is 132 Å². The lowest BCUT2D eigenvalue weighted by molar-refractivity contribution is -0.195. The molecule has 0 spiro atoms. The van der Waals surface area contributed by atoms with Crippen molar-refractivity contribution in [1.82, 2.24) is 0 Å². The van der Waals surface area contributed by atoms with Crippen molar-refractivity contribution in [3.63, 3.8) is 0 Å². The zero-order valence-corrected chi connectivity index (χ0v) is 31.9. The van der Waals surface area contributed by atoms with Gasteiger partial charge in [0.1, 0.15) is 69.8 Å². The molecule has 0 saturated heterocycles. The second-order valence-corrected chi connectivity index (χ2v) is 14.0. The molecule has 0 aliphatic heterocycles. The summed E-state index contributed by atoms with van der Waals surface area (Å²) in [5.74, 6) is -91.5. The standard InChI is InChI=1S/2C18H3BF15N/c2*20-4-1(5(21)11(27)16(32)10(4)26)19(35,2-6(22)12(28)17(33)13(29)7(2)23)3-8(24)14(30)18(34)15(31)9(3)25/h2*35H3. The molecule has 0 heterocycles. The van der Waals surface area contributed by atoms with Gasteiger partial charge in [0.05, 0.1) is 0 Å². The summed E-state index contributed by atoms with van der Waals surface area (Å²) < 4.78 is 422. The van der Waals surface area contributed by atoms with Gasteiger partial charge in [0.25, 0.3) is 0 Å². The third-order valence-electron chi connectivity index (χ3n) is 10.4. The predicted octanol–water partition coefficient (Wildman–Crippen LogP) is 5.96. The van der Waals surface area contributed by atoms with Crippen molar-refractivity contribution in [3.8, 4) is 0 Å². The van der Waals surface area contributed by atoms with Crippen LogP contribution in [-0.2, 0) is 0 Å². The Hall–Kier alpha value is -6.73. The number of quaternary nitrogens is 2. The second-order valence-electron chi connectivity index (χ2n) is 14.0. The van der Waals surface area contributed by atoms with Gasteiger partial charge in [-0.1, -0.05) is 32.8 Å². The van der Waals surface area contributed by atoms with E-state index in [0.29, 0.717) is 0 Å². The summed E-state index contributed by atoms with van der Waals surface area (Å²) in [5, 5.41) is 0. The highest BCUT2D eigenvalue weighted by molar-refractivity contribution is 7.05. The molecule has 0 radical (unpaired) electrons. The summed E-state index contributed by atoms with van der Waals surface area (Å²) in [4.78, 5) is 0. The molecular weight excluding hydrogens is 1050 g/mol. The zero-order valence-electron chi connectivity index (χ0n) is 31.9. The van der Waals surface area contributed by atoms with Crippen molar-refractivity contribution in [2.75, 3.05) is 0 Å². The number of hydrogen-bond donors (Lipinski definition) is 2. The van der Waals surface area contributed by atoms with Gasteiger partial charge in [-0.05, 0) is 0 Å². The molecule has 0 aromatic heterocycles. The van der Waals surface area contributed by atoms with Crippen LogP contribution in [0.25, 0.3) is 0 Å². The number of rotatable bonds is 6. The van der Waals surface area contributed by atoms with Gasteiger partial charge >= 0.3 is 12.6 Å². The van der Waals surface area contributed by atoms with E-state index in [1.165, 1.54) is 0 Å². The third kappa shape index (κ3) is 7.41. The molecule has 6 rings (SSSR count). The molecule has 0 unspecified atom stereocenters. The van der Waals surface area contributed by atoms with Crippen LogP contribution in [0, 0.1) is 175 Å². The van der Waals surface area contributed by atoms with Crippen LogP contribution >= 0.6 is 0 Å². The van der Waals surface area contributed by atoms with Crippen LogP contribution in [0.5, 0.6) is 0 Å². The maximum atomic E-state index is 14.6. The Labute approximate surface area is 363 Å². The summed E-state index contributed by atoms with van der Waals surface area (Å²) in [6, 6.07) is 0. The molecule has 376 valence electrons. The van der Waals surface area contributed by atoms with Crippen LogP contribution < -0.4 is 44.1 Å². The Kier molecular flexibility index (Phi) is 14.1. The van der Waals surface area contributed by atoms with E-state index in [0.717, 1.165) is 0 Å². The average molecular weight is 1060 g/mol. The lowest BCUT2D eigenvalue weighted by Gasteiger charge is -2.35. The highest BCUT2D eigenvalue weighted by Crippen LogP contribution is 2.28. The molecule has 0 atom stereocenters. The summed E-state index contributed by atoms with van der Waals surface area (Å²) in [7, 11) is 0. The molecule has 0 aliphatic rings. The molecule has 0 fully saturated rings. The van der Waals surface area contributed by atoms with E-state index in [4.69, 9.17) is 0 Å². The first kappa shape index (κ1) is 54.2. The van der Waals surface area contributed by atoms with Crippen LogP contribution in [0.15, 0.2) is 0 Å². The minimum atomic E-state index is -5.66. The normalized spacial score (nSPS) is 12.0. The van der Waals surface area contributed by atoms with Crippen molar-refractivity contribution in [2.24, 2.45) is 0 Å². The quantitative estimate of drug-likeness (QED) is 0.0897. The summed E-state index contributed by atoms with van der Waals surface area (Å²) in [6.07, 6.45) is -11.3. The van der Waals surface area contributed by atoms with Crippen LogP contribution in [0.3, 0.4) is 0 Å². The number of hydrogen-bond acceptors (Lipinski definition) is 0. The molecule has 0 bridgehead atoms. The van der Waals surface area contributed by atoms with Crippen LogP contribution in [0.4, 0.5) is 132 Å². The van der Waals surface area contributed by atoms with Crippen LogP contribution in [0.2, 0.25) is 0 Å². The molecule has 0 saturated carbocycles. The first-order valence-electron chi connectivity index (χ1n) is 17.2. The lowest BCUT2D eigenvalue weighted by atomic mass is 9.24. The Balaban J connectivity index is 0.000000261. The Bertz CT molecular complexity index is 2550. The van der Waals surface area contributed by atoms with Gasteiger partial charge in [-0.25, -0.2) is 132 Å². The zero-order chi connectivity index (χ0) is 53.8. The van der Waals surface area contributed by atoms with Crippen molar-refractivity contribution in [3.05, 3.63) is 175 Å². The minimum Gasteiger partial charge on any atom is -0.536 e. The second kappa shape index (κ2) is 18.2. The Morgan fingerprint density at radius 3 is 0.257 bits per heavy atom. The molecular formula is C36H6B2F30N2. The monoisotopic (exact) mass is 1060 g/mol. The Morgan fingerprint density at radius 2 is 0.186 bits per heavy atom. The lowest BCUT2D eigenvalue weighted by Crippen LogP contribution is -2.97. The molecule has 0 amide bonds. The summed E-state index contributed by atoms with van der Waals surface area (Å²) in [6.45, 7) is 0. The van der Waals surface area contributed by atoms with Gasteiger partial charge in [0, 0.05) is 0 Å². The van der Waals surface area contributed by atoms with Gasteiger partial charge in [-0.2, -0.15) is 0 Å². The molecule has 2 nitrogen and oxygen atoms in total. The summed E-state index contributed by atoms with van der Waals surface area (Å²) in [5.41, 5.74) is -11.4. The Morgan fingerprint density at radius 1 is 0.129 bits per heavy atom. The smallest absolute Gasteiger partial charge is 0.304 e. The SMILES string of the molecule is [NH3+][B-](c1c(F)c(F)c(F)c(F)c1F)(c1c(F)c(F)c(F)c(F)c1F)c1c(F)c(F)c(F)c(F)c1F.[NH3+][B-](c1c(F)c(F)c(F)c(F)c1F)(c1c(F)c(F)c(F)c(F)c1F)c1c(F)c(F)c(F)c(F)c1F. The highest BCUT2D eigenvalue weighted by atomic mass is 19.2. The first-order valence-corrected chi connectivity index (χ1v) is 17.2. The fourth-order valence-corrected chi connectivity index (χ4v) is 7.19. The van der Waals surface area contributed by atoms with E-state index >= 15 is 0 Å².